The van der Waals surface area contributed by atoms with Crippen molar-refractivity contribution in [1.82, 2.24) is 9.21 Å². The molecule has 0 aromatic heterocycles. The zero-order valence-electron chi connectivity index (χ0n) is 13.0. The van der Waals surface area contributed by atoms with E-state index < -0.39 is 10.0 Å². The Morgan fingerprint density at radius 2 is 1.86 bits per heavy atom. The largest absolute Gasteiger partial charge is 0.399 e. The van der Waals surface area contributed by atoms with Crippen molar-refractivity contribution in [2.45, 2.75) is 18.7 Å². The second-order valence-electron chi connectivity index (χ2n) is 5.75. The zero-order valence-corrected chi connectivity index (χ0v) is 14.6. The molecule has 0 fully saturated rings. The fourth-order valence-corrected chi connectivity index (χ4v) is 3.99. The van der Waals surface area contributed by atoms with Gasteiger partial charge in [-0.15, -0.1) is 0 Å². The number of rotatable bonds is 7. The minimum Gasteiger partial charge on any atom is -0.399 e. The number of anilines is 1. The Morgan fingerprint density at radius 3 is 2.38 bits per heavy atom. The molecule has 1 rings (SSSR count). The summed E-state index contributed by atoms with van der Waals surface area (Å²) in [5.41, 5.74) is 6.08. The zero-order chi connectivity index (χ0) is 16.2. The second-order valence-corrected chi connectivity index (χ2v) is 8.06. The van der Waals surface area contributed by atoms with E-state index in [1.165, 1.54) is 16.4 Å². The van der Waals surface area contributed by atoms with Crippen molar-refractivity contribution >= 4 is 27.3 Å². The average molecular weight is 334 g/mol. The van der Waals surface area contributed by atoms with Crippen LogP contribution in [-0.4, -0.2) is 51.4 Å². The van der Waals surface area contributed by atoms with Gasteiger partial charge in [-0.3, -0.25) is 0 Å². The van der Waals surface area contributed by atoms with E-state index in [-0.39, 0.29) is 15.8 Å². The average Bonchev–Trinajstić information content (AvgIpc) is 2.36. The molecule has 5 nitrogen and oxygen atoms in total. The fourth-order valence-electron chi connectivity index (χ4n) is 1.89. The highest BCUT2D eigenvalue weighted by Gasteiger charge is 2.27. The van der Waals surface area contributed by atoms with Gasteiger partial charge in [-0.05, 0) is 38.2 Å². The number of nitrogen functional groups attached to an aromatic ring is 1. The summed E-state index contributed by atoms with van der Waals surface area (Å²) in [7, 11) is 0.170. The van der Waals surface area contributed by atoms with Gasteiger partial charge in [-0.25, -0.2) is 8.42 Å². The molecular weight excluding hydrogens is 310 g/mol. The molecule has 120 valence electrons. The SMILES string of the molecule is CC(C)CN(CCN(C)C)S(=O)(=O)c1cc(N)ccc1Cl. The Kier molecular flexibility index (Phi) is 6.46. The number of hydrogen-bond donors (Lipinski definition) is 1. The van der Waals surface area contributed by atoms with E-state index in [2.05, 4.69) is 0 Å². The molecule has 0 saturated carbocycles. The normalized spacial score (nSPS) is 12.6. The van der Waals surface area contributed by atoms with Crippen molar-refractivity contribution in [3.8, 4) is 0 Å². The van der Waals surface area contributed by atoms with Gasteiger partial charge in [0.05, 0.1) is 5.02 Å². The number of sulfonamides is 1. The van der Waals surface area contributed by atoms with E-state index in [1.807, 2.05) is 32.8 Å². The van der Waals surface area contributed by atoms with Gasteiger partial charge in [0.1, 0.15) is 4.90 Å². The van der Waals surface area contributed by atoms with Crippen LogP contribution in [0.3, 0.4) is 0 Å². The maximum Gasteiger partial charge on any atom is 0.244 e. The quantitative estimate of drug-likeness (QED) is 0.776. The second kappa shape index (κ2) is 7.45. The van der Waals surface area contributed by atoms with Gasteiger partial charge >= 0.3 is 0 Å². The van der Waals surface area contributed by atoms with Crippen molar-refractivity contribution in [3.63, 3.8) is 0 Å². The van der Waals surface area contributed by atoms with E-state index in [9.17, 15) is 8.42 Å². The lowest BCUT2D eigenvalue weighted by Gasteiger charge is -2.26. The van der Waals surface area contributed by atoms with E-state index in [4.69, 9.17) is 17.3 Å². The summed E-state index contributed by atoms with van der Waals surface area (Å²) in [5, 5.41) is 0.197. The number of likely N-dealkylation sites (N-methyl/N-ethyl adjacent to an activating group) is 1. The predicted molar refractivity (Wildman–Crippen MR) is 88.0 cm³/mol. The molecule has 7 heteroatoms. The summed E-state index contributed by atoms with van der Waals surface area (Å²) in [6.07, 6.45) is 0. The molecule has 0 spiro atoms. The topological polar surface area (TPSA) is 66.6 Å². The van der Waals surface area contributed by atoms with Crippen LogP contribution in [0.1, 0.15) is 13.8 Å². The van der Waals surface area contributed by atoms with Gasteiger partial charge in [0.15, 0.2) is 0 Å². The molecule has 0 aliphatic heterocycles. The van der Waals surface area contributed by atoms with Crippen molar-refractivity contribution in [2.75, 3.05) is 39.5 Å². The van der Waals surface area contributed by atoms with Gasteiger partial charge in [-0.1, -0.05) is 25.4 Å². The standard InChI is InChI=1S/C14H24ClN3O2S/c1-11(2)10-18(8-7-17(3)4)21(19,20)14-9-12(16)5-6-13(14)15/h5-6,9,11H,7-8,10,16H2,1-4H3. The van der Waals surface area contributed by atoms with Gasteiger partial charge in [0.25, 0.3) is 0 Å². The van der Waals surface area contributed by atoms with E-state index in [0.717, 1.165) is 0 Å². The van der Waals surface area contributed by atoms with Crippen LogP contribution >= 0.6 is 11.6 Å². The highest BCUT2D eigenvalue weighted by molar-refractivity contribution is 7.89. The smallest absolute Gasteiger partial charge is 0.244 e. The molecule has 1 aromatic rings. The highest BCUT2D eigenvalue weighted by atomic mass is 35.5. The molecule has 0 radical (unpaired) electrons. The van der Waals surface area contributed by atoms with Crippen LogP contribution < -0.4 is 5.73 Å². The Bertz CT molecular complexity index is 574. The Hall–Kier alpha value is -0.820. The Labute approximate surface area is 132 Å². The van der Waals surface area contributed by atoms with Crippen LogP contribution in [0.4, 0.5) is 5.69 Å². The summed E-state index contributed by atoms with van der Waals surface area (Å²) < 4.78 is 27.1. The van der Waals surface area contributed by atoms with Crippen molar-refractivity contribution in [2.24, 2.45) is 5.92 Å². The number of nitrogens with two attached hydrogens (primary N) is 1. The number of halogens is 1. The predicted octanol–water partition coefficient (Wildman–Crippen LogP) is 2.13. The Morgan fingerprint density at radius 1 is 1.24 bits per heavy atom. The van der Waals surface area contributed by atoms with Gasteiger partial charge in [0.2, 0.25) is 10.0 Å². The number of hydrogen-bond acceptors (Lipinski definition) is 4. The lowest BCUT2D eigenvalue weighted by Crippen LogP contribution is -2.39. The Balaban J connectivity index is 3.16. The lowest BCUT2D eigenvalue weighted by atomic mass is 10.2. The fraction of sp³-hybridized carbons (Fsp3) is 0.571. The van der Waals surface area contributed by atoms with Crippen LogP contribution in [0.15, 0.2) is 23.1 Å². The molecule has 0 amide bonds. The van der Waals surface area contributed by atoms with Crippen molar-refractivity contribution < 1.29 is 8.42 Å². The third-order valence-corrected chi connectivity index (χ3v) is 5.29. The molecule has 0 atom stereocenters. The number of nitrogens with zero attached hydrogens (tertiary/aromatic N) is 2. The van der Waals surface area contributed by atoms with Gasteiger partial charge in [-0.2, -0.15) is 4.31 Å². The molecule has 2 N–H and O–H groups in total. The van der Waals surface area contributed by atoms with Crippen LogP contribution in [0.5, 0.6) is 0 Å². The summed E-state index contributed by atoms with van der Waals surface area (Å²) in [6.45, 7) is 5.48. The minimum absolute atomic E-state index is 0.0728. The first-order valence-electron chi connectivity index (χ1n) is 6.84. The summed E-state index contributed by atoms with van der Waals surface area (Å²) in [4.78, 5) is 2.02. The molecule has 1 aromatic carbocycles. The van der Waals surface area contributed by atoms with Gasteiger partial charge in [0, 0.05) is 25.3 Å². The van der Waals surface area contributed by atoms with Crippen LogP contribution in [0.25, 0.3) is 0 Å². The van der Waals surface area contributed by atoms with Crippen molar-refractivity contribution in [1.29, 1.82) is 0 Å². The molecule has 0 heterocycles. The first kappa shape index (κ1) is 18.2. The maximum atomic E-state index is 12.8. The highest BCUT2D eigenvalue weighted by Crippen LogP contribution is 2.27. The van der Waals surface area contributed by atoms with Crippen LogP contribution in [-0.2, 0) is 10.0 Å². The molecule has 0 bridgehead atoms. The van der Waals surface area contributed by atoms with Crippen molar-refractivity contribution in [3.05, 3.63) is 23.2 Å². The lowest BCUT2D eigenvalue weighted by molar-refractivity contribution is 0.312. The summed E-state index contributed by atoms with van der Waals surface area (Å²) in [5.74, 6) is 0.224. The van der Waals surface area contributed by atoms with E-state index in [1.54, 1.807) is 6.07 Å². The molecule has 21 heavy (non-hydrogen) atoms. The molecule has 0 unspecified atom stereocenters. The van der Waals surface area contributed by atoms with E-state index >= 15 is 0 Å². The molecular formula is C14H24ClN3O2S. The molecule has 0 saturated heterocycles. The molecule has 0 aliphatic rings. The maximum absolute atomic E-state index is 12.8. The summed E-state index contributed by atoms with van der Waals surface area (Å²) in [6, 6.07) is 4.53. The van der Waals surface area contributed by atoms with E-state index in [0.29, 0.717) is 25.3 Å². The first-order chi connectivity index (χ1) is 9.64. The third kappa shape index (κ3) is 5.14. The monoisotopic (exact) mass is 333 g/mol. The van der Waals surface area contributed by atoms with Gasteiger partial charge < -0.3 is 10.6 Å². The third-order valence-electron chi connectivity index (χ3n) is 2.94. The van der Waals surface area contributed by atoms with Crippen LogP contribution in [0.2, 0.25) is 5.02 Å². The van der Waals surface area contributed by atoms with Crippen LogP contribution in [0, 0.1) is 5.92 Å². The first-order valence-corrected chi connectivity index (χ1v) is 8.66. The minimum atomic E-state index is -3.65. The number of benzene rings is 1. The molecule has 0 aliphatic carbocycles. The summed E-state index contributed by atoms with van der Waals surface area (Å²) >= 11 is 6.05.